The molecule has 0 unspecified atom stereocenters. The largest absolute Gasteiger partial charge is 0.404 e. The fourth-order valence-corrected chi connectivity index (χ4v) is 2.54. The second-order valence-corrected chi connectivity index (χ2v) is 5.04. The van der Waals surface area contributed by atoms with Gasteiger partial charge in [-0.05, 0) is 33.7 Å². The Balaban J connectivity index is 2.16. The molecule has 7 heteroatoms. The predicted molar refractivity (Wildman–Crippen MR) is 60.0 cm³/mol. The van der Waals surface area contributed by atoms with Crippen LogP contribution in [0.25, 0.3) is 0 Å². The molecule has 0 bridgehead atoms. The zero-order valence-corrected chi connectivity index (χ0v) is 10.2. The highest BCUT2D eigenvalue weighted by atomic mass is 79.9. The lowest BCUT2D eigenvalue weighted by molar-refractivity contribution is -0.390. The molecule has 1 aliphatic rings. The van der Waals surface area contributed by atoms with Crippen LogP contribution in [0.1, 0.15) is 25.7 Å². The second-order valence-electron chi connectivity index (χ2n) is 4.19. The molecule has 0 atom stereocenters. The Labute approximate surface area is 101 Å². The molecule has 0 spiro atoms. The van der Waals surface area contributed by atoms with Crippen LogP contribution in [0.15, 0.2) is 10.7 Å². The van der Waals surface area contributed by atoms with E-state index >= 15 is 0 Å². The van der Waals surface area contributed by atoms with Crippen LogP contribution in [0.3, 0.4) is 0 Å². The number of nitro groups is 1. The number of halogens is 1. The van der Waals surface area contributed by atoms with Crippen molar-refractivity contribution in [2.24, 2.45) is 0 Å². The lowest BCUT2D eigenvalue weighted by Gasteiger charge is -2.19. The summed E-state index contributed by atoms with van der Waals surface area (Å²) in [7, 11) is 0. The molecule has 2 rings (SSSR count). The van der Waals surface area contributed by atoms with E-state index in [1.54, 1.807) is 0 Å². The summed E-state index contributed by atoms with van der Waals surface area (Å²) >= 11 is 3.08. The molecular formula is C9H12BrN3O3. The van der Waals surface area contributed by atoms with Gasteiger partial charge in [0, 0.05) is 0 Å². The van der Waals surface area contributed by atoms with Crippen LogP contribution in [0.2, 0.25) is 0 Å². The minimum atomic E-state index is -0.751. The molecule has 1 aromatic rings. The summed E-state index contributed by atoms with van der Waals surface area (Å²) < 4.78 is 1.78. The van der Waals surface area contributed by atoms with Crippen LogP contribution in [0.4, 0.5) is 5.82 Å². The Morgan fingerprint density at radius 3 is 2.75 bits per heavy atom. The van der Waals surface area contributed by atoms with Crippen molar-refractivity contribution in [3.05, 3.63) is 20.8 Å². The molecule has 1 fully saturated rings. The van der Waals surface area contributed by atoms with E-state index in [0.717, 1.165) is 25.7 Å². The average molecular weight is 290 g/mol. The summed E-state index contributed by atoms with van der Waals surface area (Å²) in [5, 5.41) is 24.6. The number of aromatic nitrogens is 2. The van der Waals surface area contributed by atoms with Crippen LogP contribution < -0.4 is 0 Å². The second kappa shape index (κ2) is 4.14. The van der Waals surface area contributed by atoms with Crippen molar-refractivity contribution in [2.75, 3.05) is 0 Å². The molecule has 88 valence electrons. The molecule has 1 heterocycles. The molecule has 1 N–H and O–H groups in total. The first-order chi connectivity index (χ1) is 7.50. The van der Waals surface area contributed by atoms with Crippen LogP contribution in [0.5, 0.6) is 0 Å². The van der Waals surface area contributed by atoms with Crippen molar-refractivity contribution in [1.82, 2.24) is 9.78 Å². The smallest absolute Gasteiger partial charge is 0.388 e. The van der Waals surface area contributed by atoms with Crippen molar-refractivity contribution >= 4 is 21.7 Å². The van der Waals surface area contributed by atoms with Gasteiger partial charge in [-0.25, -0.2) is 0 Å². The molecule has 0 radical (unpaired) electrons. The van der Waals surface area contributed by atoms with Gasteiger partial charge in [-0.15, -0.1) is 0 Å². The third kappa shape index (κ3) is 2.25. The summed E-state index contributed by atoms with van der Waals surface area (Å²) in [6, 6.07) is 0. The molecule has 0 aliphatic heterocycles. The molecule has 0 aromatic carbocycles. The van der Waals surface area contributed by atoms with Crippen molar-refractivity contribution in [3.63, 3.8) is 0 Å². The van der Waals surface area contributed by atoms with Crippen LogP contribution >= 0.6 is 15.9 Å². The van der Waals surface area contributed by atoms with E-state index < -0.39 is 10.5 Å². The fraction of sp³-hybridized carbons (Fsp3) is 0.667. The number of nitrogens with zero attached hydrogens (tertiary/aromatic N) is 3. The van der Waals surface area contributed by atoms with Gasteiger partial charge in [-0.3, -0.25) is 0 Å². The van der Waals surface area contributed by atoms with E-state index in [1.165, 1.54) is 10.9 Å². The number of hydrogen-bond donors (Lipinski definition) is 1. The molecular weight excluding hydrogens is 278 g/mol. The molecule has 1 aromatic heterocycles. The maximum atomic E-state index is 10.6. The summed E-state index contributed by atoms with van der Waals surface area (Å²) in [5.74, 6) is -0.207. The minimum absolute atomic E-state index is 0.207. The van der Waals surface area contributed by atoms with Gasteiger partial charge in [0.25, 0.3) is 0 Å². The Hall–Kier alpha value is -0.950. The zero-order chi connectivity index (χ0) is 11.8. The highest BCUT2D eigenvalue weighted by Gasteiger charge is 2.33. The Morgan fingerprint density at radius 1 is 1.62 bits per heavy atom. The SMILES string of the molecule is O=[N+]([O-])c1nn(CC2(O)CCCC2)cc1Br. The van der Waals surface area contributed by atoms with Gasteiger partial charge in [-0.1, -0.05) is 12.8 Å². The van der Waals surface area contributed by atoms with Gasteiger partial charge in [0.1, 0.15) is 4.47 Å². The molecule has 0 amide bonds. The first-order valence-electron chi connectivity index (χ1n) is 5.10. The van der Waals surface area contributed by atoms with Gasteiger partial charge in [0.05, 0.1) is 23.4 Å². The summed E-state index contributed by atoms with van der Waals surface area (Å²) in [6.07, 6.45) is 5.01. The Morgan fingerprint density at radius 2 is 2.25 bits per heavy atom. The van der Waals surface area contributed by atoms with Gasteiger partial charge in [-0.2, -0.15) is 4.68 Å². The van der Waals surface area contributed by atoms with E-state index in [9.17, 15) is 15.2 Å². The molecule has 1 saturated carbocycles. The monoisotopic (exact) mass is 289 g/mol. The van der Waals surface area contributed by atoms with Crippen LogP contribution in [0, 0.1) is 10.1 Å². The molecule has 0 saturated heterocycles. The van der Waals surface area contributed by atoms with Crippen LogP contribution in [-0.2, 0) is 6.54 Å². The molecule has 6 nitrogen and oxygen atoms in total. The van der Waals surface area contributed by atoms with Gasteiger partial charge < -0.3 is 15.2 Å². The third-order valence-electron chi connectivity index (χ3n) is 2.86. The Bertz CT molecular complexity index is 412. The maximum Gasteiger partial charge on any atom is 0.404 e. The van der Waals surface area contributed by atoms with Gasteiger partial charge in [0.15, 0.2) is 0 Å². The van der Waals surface area contributed by atoms with Crippen molar-refractivity contribution in [2.45, 2.75) is 37.8 Å². The van der Waals surface area contributed by atoms with Crippen molar-refractivity contribution in [3.8, 4) is 0 Å². The minimum Gasteiger partial charge on any atom is -0.388 e. The number of rotatable bonds is 3. The van der Waals surface area contributed by atoms with Crippen LogP contribution in [-0.4, -0.2) is 25.4 Å². The maximum absolute atomic E-state index is 10.6. The quantitative estimate of drug-likeness (QED) is 0.680. The van der Waals surface area contributed by atoms with E-state index in [1.807, 2.05) is 0 Å². The topological polar surface area (TPSA) is 81.2 Å². The highest BCUT2D eigenvalue weighted by molar-refractivity contribution is 9.10. The zero-order valence-electron chi connectivity index (χ0n) is 8.60. The first-order valence-corrected chi connectivity index (χ1v) is 5.89. The van der Waals surface area contributed by atoms with E-state index in [0.29, 0.717) is 11.0 Å². The van der Waals surface area contributed by atoms with E-state index in [-0.39, 0.29) is 5.82 Å². The predicted octanol–water partition coefficient (Wildman–Crippen LogP) is 1.86. The average Bonchev–Trinajstić information content (AvgIpc) is 2.73. The van der Waals surface area contributed by atoms with Gasteiger partial charge >= 0.3 is 5.82 Å². The third-order valence-corrected chi connectivity index (χ3v) is 3.42. The van der Waals surface area contributed by atoms with Crippen molar-refractivity contribution < 1.29 is 10.0 Å². The number of hydrogen-bond acceptors (Lipinski definition) is 4. The first kappa shape index (κ1) is 11.5. The summed E-state index contributed by atoms with van der Waals surface area (Å²) in [5.41, 5.74) is -0.751. The lowest BCUT2D eigenvalue weighted by Crippen LogP contribution is -2.30. The number of aliphatic hydroxyl groups is 1. The normalized spacial score (nSPS) is 18.9. The fourth-order valence-electron chi connectivity index (χ4n) is 2.08. The molecule has 1 aliphatic carbocycles. The standard InChI is InChI=1S/C9H12BrN3O3/c10-7-5-12(11-8(7)13(15)16)6-9(14)3-1-2-4-9/h5,14H,1-4,6H2. The molecule has 16 heavy (non-hydrogen) atoms. The van der Waals surface area contributed by atoms with Gasteiger partial charge in [0.2, 0.25) is 0 Å². The highest BCUT2D eigenvalue weighted by Crippen LogP contribution is 2.32. The Kier molecular flexibility index (Phi) is 2.98. The summed E-state index contributed by atoms with van der Waals surface area (Å²) in [4.78, 5) is 10.0. The summed E-state index contributed by atoms with van der Waals surface area (Å²) in [6.45, 7) is 0.319. The van der Waals surface area contributed by atoms with E-state index in [2.05, 4.69) is 21.0 Å². The van der Waals surface area contributed by atoms with E-state index in [4.69, 9.17) is 0 Å². The lowest BCUT2D eigenvalue weighted by atomic mass is 10.0. The van der Waals surface area contributed by atoms with Crippen molar-refractivity contribution in [1.29, 1.82) is 0 Å².